The third-order valence-corrected chi connectivity index (χ3v) is 2.52. The smallest absolute Gasteiger partial charge is 0.145 e. The molecule has 0 radical (unpaired) electrons. The van der Waals surface area contributed by atoms with E-state index in [2.05, 4.69) is 4.98 Å². The average molecular weight is 232 g/mol. The summed E-state index contributed by atoms with van der Waals surface area (Å²) < 4.78 is 10.6. The van der Waals surface area contributed by atoms with Crippen molar-refractivity contribution in [2.24, 2.45) is 0 Å². The van der Waals surface area contributed by atoms with E-state index in [0.29, 0.717) is 13.2 Å². The van der Waals surface area contributed by atoms with Gasteiger partial charge in [0, 0.05) is 37.4 Å². The van der Waals surface area contributed by atoms with E-state index >= 15 is 0 Å². The number of nitrogens with zero attached hydrogens (tertiary/aromatic N) is 1. The number of hydrogen-bond acceptors (Lipinski definition) is 4. The topological polar surface area (TPSA) is 57.4 Å². The van der Waals surface area contributed by atoms with E-state index in [0.717, 1.165) is 28.8 Å². The Morgan fingerprint density at radius 1 is 1.24 bits per heavy atom. The van der Waals surface area contributed by atoms with E-state index in [1.807, 2.05) is 24.3 Å². The Balaban J connectivity index is 2.20. The minimum Gasteiger partial charge on any atom is -0.491 e. The van der Waals surface area contributed by atoms with Crippen LogP contribution < -0.4 is 10.5 Å². The molecule has 0 spiro atoms. The molecule has 0 unspecified atom stereocenters. The molecule has 0 aliphatic rings. The average Bonchev–Trinajstić information content (AvgIpc) is 2.37. The fourth-order valence-corrected chi connectivity index (χ4v) is 1.67. The Morgan fingerprint density at radius 3 is 2.94 bits per heavy atom. The first-order valence-electron chi connectivity index (χ1n) is 5.58. The van der Waals surface area contributed by atoms with Gasteiger partial charge >= 0.3 is 0 Å². The molecule has 2 aromatic rings. The van der Waals surface area contributed by atoms with E-state index in [-0.39, 0.29) is 0 Å². The standard InChI is InChI=1S/C13H16N2O2/c1-16-8-3-9-17-12-6-5-11(14)10-4-2-7-15-13(10)12/h2,4-7H,3,8-9,14H2,1H3. The summed E-state index contributed by atoms with van der Waals surface area (Å²) in [6, 6.07) is 7.51. The number of nitrogen functional groups attached to an aromatic ring is 1. The van der Waals surface area contributed by atoms with Crippen LogP contribution in [0.5, 0.6) is 5.75 Å². The van der Waals surface area contributed by atoms with Gasteiger partial charge in [0.1, 0.15) is 11.3 Å². The molecule has 0 aliphatic carbocycles. The number of hydrogen-bond donors (Lipinski definition) is 1. The minimum absolute atomic E-state index is 0.615. The molecule has 4 nitrogen and oxygen atoms in total. The van der Waals surface area contributed by atoms with Gasteiger partial charge in [-0.25, -0.2) is 0 Å². The zero-order chi connectivity index (χ0) is 12.1. The van der Waals surface area contributed by atoms with Crippen molar-refractivity contribution in [3.8, 4) is 5.75 Å². The number of methoxy groups -OCH3 is 1. The van der Waals surface area contributed by atoms with Gasteiger partial charge < -0.3 is 15.2 Å². The molecule has 0 amide bonds. The second kappa shape index (κ2) is 5.50. The summed E-state index contributed by atoms with van der Waals surface area (Å²) in [5.41, 5.74) is 7.42. The van der Waals surface area contributed by atoms with Crippen molar-refractivity contribution < 1.29 is 9.47 Å². The molecule has 0 atom stereocenters. The highest BCUT2D eigenvalue weighted by Crippen LogP contribution is 2.27. The fourth-order valence-electron chi connectivity index (χ4n) is 1.67. The fraction of sp³-hybridized carbons (Fsp3) is 0.308. The van der Waals surface area contributed by atoms with Gasteiger partial charge in [-0.3, -0.25) is 4.98 Å². The molecular weight excluding hydrogens is 216 g/mol. The molecule has 1 heterocycles. The van der Waals surface area contributed by atoms with Gasteiger partial charge in [0.15, 0.2) is 0 Å². The summed E-state index contributed by atoms with van der Waals surface area (Å²) in [5, 5.41) is 0.928. The molecule has 1 aromatic heterocycles. The van der Waals surface area contributed by atoms with Gasteiger partial charge in [0.05, 0.1) is 6.61 Å². The lowest BCUT2D eigenvalue weighted by atomic mass is 10.2. The van der Waals surface area contributed by atoms with E-state index < -0.39 is 0 Å². The number of anilines is 1. The number of ether oxygens (including phenoxy) is 2. The maximum atomic E-state index is 5.89. The number of aromatic nitrogens is 1. The summed E-state index contributed by atoms with van der Waals surface area (Å²) in [6.45, 7) is 1.31. The monoisotopic (exact) mass is 232 g/mol. The van der Waals surface area contributed by atoms with Gasteiger partial charge in [-0.1, -0.05) is 0 Å². The van der Waals surface area contributed by atoms with Gasteiger partial charge in [0.2, 0.25) is 0 Å². The molecule has 4 heteroatoms. The van der Waals surface area contributed by atoms with Gasteiger partial charge in [-0.2, -0.15) is 0 Å². The van der Waals surface area contributed by atoms with Crippen LogP contribution in [0.15, 0.2) is 30.5 Å². The van der Waals surface area contributed by atoms with Crippen LogP contribution in [-0.2, 0) is 4.74 Å². The molecule has 90 valence electrons. The molecule has 0 saturated heterocycles. The molecule has 0 bridgehead atoms. The zero-order valence-corrected chi connectivity index (χ0v) is 9.85. The second-order valence-electron chi connectivity index (χ2n) is 3.75. The summed E-state index contributed by atoms with van der Waals surface area (Å²) in [6.07, 6.45) is 2.60. The first kappa shape index (κ1) is 11.7. The van der Waals surface area contributed by atoms with Gasteiger partial charge in [0.25, 0.3) is 0 Å². The molecule has 17 heavy (non-hydrogen) atoms. The quantitative estimate of drug-likeness (QED) is 0.634. The first-order chi connectivity index (χ1) is 8.33. The lowest BCUT2D eigenvalue weighted by Gasteiger charge is -2.09. The lowest BCUT2D eigenvalue weighted by Crippen LogP contribution is -2.02. The minimum atomic E-state index is 0.615. The number of pyridine rings is 1. The second-order valence-corrected chi connectivity index (χ2v) is 3.75. The SMILES string of the molecule is COCCCOc1ccc(N)c2cccnc12. The predicted molar refractivity (Wildman–Crippen MR) is 68.1 cm³/mol. The van der Waals surface area contributed by atoms with Crippen LogP contribution in [0.2, 0.25) is 0 Å². The van der Waals surface area contributed by atoms with E-state index in [4.69, 9.17) is 15.2 Å². The Hall–Kier alpha value is -1.81. The van der Waals surface area contributed by atoms with E-state index in [9.17, 15) is 0 Å². The van der Waals surface area contributed by atoms with E-state index in [1.165, 1.54) is 0 Å². The molecular formula is C13H16N2O2. The zero-order valence-electron chi connectivity index (χ0n) is 9.85. The van der Waals surface area contributed by atoms with Crippen LogP contribution in [0.25, 0.3) is 10.9 Å². The predicted octanol–water partition coefficient (Wildman–Crippen LogP) is 2.23. The normalized spacial score (nSPS) is 10.6. The highest BCUT2D eigenvalue weighted by Gasteiger charge is 2.05. The maximum Gasteiger partial charge on any atom is 0.145 e. The third kappa shape index (κ3) is 2.65. The molecule has 1 aromatic carbocycles. The van der Waals surface area contributed by atoms with Crippen LogP contribution >= 0.6 is 0 Å². The maximum absolute atomic E-state index is 5.89. The van der Waals surface area contributed by atoms with Crippen LogP contribution in [0.1, 0.15) is 6.42 Å². The molecule has 0 fully saturated rings. The van der Waals surface area contributed by atoms with Crippen molar-refractivity contribution in [2.75, 3.05) is 26.1 Å². The van der Waals surface area contributed by atoms with Crippen LogP contribution in [0.3, 0.4) is 0 Å². The summed E-state index contributed by atoms with van der Waals surface area (Å²) in [7, 11) is 1.68. The van der Waals surface area contributed by atoms with Crippen molar-refractivity contribution in [3.05, 3.63) is 30.5 Å². The molecule has 2 rings (SSSR count). The number of rotatable bonds is 5. The third-order valence-electron chi connectivity index (χ3n) is 2.52. The van der Waals surface area contributed by atoms with Crippen molar-refractivity contribution in [1.82, 2.24) is 4.98 Å². The number of fused-ring (bicyclic) bond motifs is 1. The summed E-state index contributed by atoms with van der Waals surface area (Å²) in [5.74, 6) is 0.769. The number of benzene rings is 1. The summed E-state index contributed by atoms with van der Waals surface area (Å²) >= 11 is 0. The van der Waals surface area contributed by atoms with Gasteiger partial charge in [-0.05, 0) is 24.3 Å². The highest BCUT2D eigenvalue weighted by molar-refractivity contribution is 5.94. The van der Waals surface area contributed by atoms with Gasteiger partial charge in [-0.15, -0.1) is 0 Å². The van der Waals surface area contributed by atoms with Crippen molar-refractivity contribution in [3.63, 3.8) is 0 Å². The van der Waals surface area contributed by atoms with E-state index in [1.54, 1.807) is 13.3 Å². The Bertz CT molecular complexity index is 500. The summed E-state index contributed by atoms with van der Waals surface area (Å²) in [4.78, 5) is 4.30. The molecule has 0 saturated carbocycles. The Kier molecular flexibility index (Phi) is 3.77. The Labute approximate surface area is 100 Å². The largest absolute Gasteiger partial charge is 0.491 e. The van der Waals surface area contributed by atoms with Crippen molar-refractivity contribution >= 4 is 16.6 Å². The lowest BCUT2D eigenvalue weighted by molar-refractivity contribution is 0.172. The van der Waals surface area contributed by atoms with Crippen LogP contribution in [0, 0.1) is 0 Å². The molecule has 0 aliphatic heterocycles. The van der Waals surface area contributed by atoms with Crippen molar-refractivity contribution in [2.45, 2.75) is 6.42 Å². The number of nitrogens with two attached hydrogens (primary N) is 1. The highest BCUT2D eigenvalue weighted by atomic mass is 16.5. The van der Waals surface area contributed by atoms with Crippen molar-refractivity contribution in [1.29, 1.82) is 0 Å². The van der Waals surface area contributed by atoms with Crippen LogP contribution in [-0.4, -0.2) is 25.3 Å². The molecule has 2 N–H and O–H groups in total. The van der Waals surface area contributed by atoms with Crippen LogP contribution in [0.4, 0.5) is 5.69 Å². The Morgan fingerprint density at radius 2 is 2.12 bits per heavy atom. The first-order valence-corrected chi connectivity index (χ1v) is 5.58.